The van der Waals surface area contributed by atoms with Gasteiger partial charge in [-0.2, -0.15) is 52.7 Å². The first kappa shape index (κ1) is 54.7. The van der Waals surface area contributed by atoms with Crippen molar-refractivity contribution in [2.75, 3.05) is 19.8 Å². The van der Waals surface area contributed by atoms with Gasteiger partial charge in [-0.25, -0.2) is 33.6 Å². The molecule has 2 N–H and O–H groups in total. The average molecular weight is 1060 g/mol. The van der Waals surface area contributed by atoms with Crippen LogP contribution < -0.4 is 0 Å². The molecule has 2 aliphatic rings. The van der Waals surface area contributed by atoms with E-state index in [-0.39, 0.29) is 54.6 Å². The lowest BCUT2D eigenvalue weighted by Gasteiger charge is -2.38. The third-order valence-corrected chi connectivity index (χ3v) is 11.2. The molecule has 4 aromatic rings. The van der Waals surface area contributed by atoms with Crippen LogP contribution in [-0.2, 0) is 44.1 Å². The van der Waals surface area contributed by atoms with Crippen LogP contribution in [0.15, 0.2) is 72.8 Å². The Kier molecular flexibility index (Phi) is 14.3. The van der Waals surface area contributed by atoms with Crippen LogP contribution in [0.1, 0.15) is 118 Å². The van der Waals surface area contributed by atoms with Crippen molar-refractivity contribution in [3.05, 3.63) is 140 Å². The van der Waals surface area contributed by atoms with Crippen LogP contribution >= 0.6 is 0 Å². The SMILES string of the molecule is O=C(CC(=O)OCCC(=O)c1ccc(C(c2ccc3c(c2)C(=O)OC3=O)(C(F)(F)F)C(F)(F)F)cc1C(=O)O)OCCOC(=O)c1ccc(C(c2ccc3c(c2)C(=O)OC3=O)(C(F)(F)F)C(F)(F)F)cc1C(=O)O. The minimum atomic E-state index is -6.35. The molecular formula is C45H24F12O17. The number of hydrogen-bond acceptors (Lipinski definition) is 15. The average Bonchev–Trinajstić information content (AvgIpc) is 3.73. The Labute approximate surface area is 401 Å². The van der Waals surface area contributed by atoms with Crippen molar-refractivity contribution in [3.63, 3.8) is 0 Å². The van der Waals surface area contributed by atoms with E-state index in [1.165, 1.54) is 0 Å². The van der Waals surface area contributed by atoms with Crippen LogP contribution in [0.25, 0.3) is 0 Å². The Morgan fingerprint density at radius 2 is 0.757 bits per heavy atom. The van der Waals surface area contributed by atoms with Gasteiger partial charge in [-0.15, -0.1) is 0 Å². The molecule has 29 heteroatoms. The number of ether oxygens (including phenoxy) is 5. The van der Waals surface area contributed by atoms with Crippen molar-refractivity contribution < 1.29 is 135 Å². The van der Waals surface area contributed by atoms with Gasteiger partial charge in [-0.05, 0) is 64.7 Å². The topological polar surface area (TPSA) is 257 Å². The number of carbonyl (C=O) groups excluding carboxylic acids is 8. The van der Waals surface area contributed by atoms with Gasteiger partial charge in [0.2, 0.25) is 10.8 Å². The van der Waals surface area contributed by atoms with Crippen molar-refractivity contribution in [2.45, 2.75) is 48.4 Å². The summed E-state index contributed by atoms with van der Waals surface area (Å²) in [6.07, 6.45) is -27.6. The van der Waals surface area contributed by atoms with Gasteiger partial charge >= 0.3 is 78.4 Å². The molecular weight excluding hydrogens is 1040 g/mol. The highest BCUT2D eigenvalue weighted by Crippen LogP contribution is 2.58. The van der Waals surface area contributed by atoms with E-state index >= 15 is 0 Å². The summed E-state index contributed by atoms with van der Waals surface area (Å²) in [6, 6.07) is 2.06. The molecule has 6 rings (SSSR count). The largest absolute Gasteiger partial charge is 0.478 e. The lowest BCUT2D eigenvalue weighted by atomic mass is 9.71. The zero-order valence-electron chi connectivity index (χ0n) is 36.0. The third kappa shape index (κ3) is 9.57. The predicted molar refractivity (Wildman–Crippen MR) is 211 cm³/mol. The number of benzene rings is 4. The highest BCUT2D eigenvalue weighted by Gasteiger charge is 2.74. The van der Waals surface area contributed by atoms with Crippen molar-refractivity contribution >= 4 is 59.5 Å². The number of ketones is 1. The number of rotatable bonds is 16. The Bertz CT molecular complexity index is 3070. The van der Waals surface area contributed by atoms with Gasteiger partial charge in [0, 0.05) is 12.0 Å². The lowest BCUT2D eigenvalue weighted by molar-refractivity contribution is -0.290. The molecule has 2 aliphatic heterocycles. The van der Waals surface area contributed by atoms with E-state index in [2.05, 4.69) is 18.9 Å². The fourth-order valence-electron chi connectivity index (χ4n) is 7.91. The molecule has 2 heterocycles. The van der Waals surface area contributed by atoms with Gasteiger partial charge in [0.25, 0.3) is 0 Å². The normalized spacial score (nSPS) is 13.9. The number of Topliss-reactive ketones (excluding diaryl/α,β-unsaturated/α-hetero) is 1. The Morgan fingerprint density at radius 1 is 0.419 bits per heavy atom. The van der Waals surface area contributed by atoms with Crippen molar-refractivity contribution in [1.29, 1.82) is 0 Å². The molecule has 0 radical (unpaired) electrons. The first-order valence-electron chi connectivity index (χ1n) is 20.1. The van der Waals surface area contributed by atoms with Gasteiger partial charge in [0.05, 0.1) is 45.6 Å². The minimum Gasteiger partial charge on any atom is -0.478 e. The summed E-state index contributed by atoms with van der Waals surface area (Å²) in [5.41, 5.74) is -25.4. The number of carbonyl (C=O) groups is 10. The summed E-state index contributed by atoms with van der Waals surface area (Å²) in [7, 11) is 0. The molecule has 0 fully saturated rings. The van der Waals surface area contributed by atoms with Gasteiger partial charge in [0.1, 0.15) is 19.6 Å². The molecule has 0 saturated carbocycles. The number of cyclic esters (lactones) is 4. The standard InChI is InChI=1S/C45H24F12O17/c46-42(47,48)40(43(49,50)51,20-3-7-24-28(15-20)38(68)73-36(24)66)18-1-5-22(26(13-18)33(61)62)30(58)9-10-70-31(59)17-32(60)71-11-12-72-35(65)23-6-2-19(14-27(23)34(63)64)41(44(52,53)54,45(55,56)57)21-4-8-25-29(16-21)39(69)74-37(25)67/h1-8,13-16H,9-12,17H2,(H,61,62)(H,63,64). The number of aromatic carboxylic acids is 2. The van der Waals surface area contributed by atoms with Crippen LogP contribution in [-0.4, -0.2) is 114 Å². The van der Waals surface area contributed by atoms with E-state index in [9.17, 15) is 111 Å². The number of hydrogen-bond donors (Lipinski definition) is 2. The summed E-state index contributed by atoms with van der Waals surface area (Å²) in [5, 5.41) is 19.5. The van der Waals surface area contributed by atoms with Crippen molar-refractivity contribution in [2.24, 2.45) is 0 Å². The smallest absolute Gasteiger partial charge is 0.411 e. The van der Waals surface area contributed by atoms with Gasteiger partial charge in [-0.1, -0.05) is 30.3 Å². The quantitative estimate of drug-likeness (QED) is 0.0276. The molecule has 0 spiro atoms. The van der Waals surface area contributed by atoms with E-state index in [4.69, 9.17) is 4.74 Å². The molecule has 0 unspecified atom stereocenters. The Morgan fingerprint density at radius 3 is 1.16 bits per heavy atom. The number of esters is 7. The number of carboxylic acids is 2. The second-order valence-electron chi connectivity index (χ2n) is 15.4. The zero-order chi connectivity index (χ0) is 55.3. The Balaban J connectivity index is 1.08. The maximum Gasteiger partial charge on any atom is 0.411 e. The number of halogens is 12. The Hall–Kier alpha value is -8.66. The summed E-state index contributed by atoms with van der Waals surface area (Å²) in [5.74, 6) is -16.3. The zero-order valence-corrected chi connectivity index (χ0v) is 36.0. The van der Waals surface area contributed by atoms with Crippen molar-refractivity contribution in [3.8, 4) is 0 Å². The molecule has 4 aromatic carbocycles. The monoisotopic (exact) mass is 1060 g/mol. The number of fused-ring (bicyclic) bond motifs is 2. The van der Waals surface area contributed by atoms with E-state index < -0.39 is 194 Å². The predicted octanol–water partition coefficient (Wildman–Crippen LogP) is 7.43. The van der Waals surface area contributed by atoms with E-state index in [0.29, 0.717) is 18.2 Å². The molecule has 0 atom stereocenters. The molecule has 390 valence electrons. The second-order valence-corrected chi connectivity index (χ2v) is 15.4. The molecule has 0 aliphatic carbocycles. The molecule has 0 saturated heterocycles. The van der Waals surface area contributed by atoms with Gasteiger partial charge < -0.3 is 33.9 Å². The summed E-state index contributed by atoms with van der Waals surface area (Å²) < 4.78 is 200. The fraction of sp³-hybridized carbons (Fsp3) is 0.244. The van der Waals surface area contributed by atoms with Crippen LogP contribution in [0, 0.1) is 0 Å². The maximum atomic E-state index is 14.8. The van der Waals surface area contributed by atoms with Crippen molar-refractivity contribution in [1.82, 2.24) is 0 Å². The number of alkyl halides is 12. The van der Waals surface area contributed by atoms with Gasteiger partial charge in [-0.3, -0.25) is 14.4 Å². The highest BCUT2D eigenvalue weighted by atomic mass is 19.4. The van der Waals surface area contributed by atoms with Crippen LogP contribution in [0.3, 0.4) is 0 Å². The molecule has 0 aromatic heterocycles. The van der Waals surface area contributed by atoms with Gasteiger partial charge in [0.15, 0.2) is 5.78 Å². The molecule has 17 nitrogen and oxygen atoms in total. The summed E-state index contributed by atoms with van der Waals surface area (Å²) in [6.45, 7) is -2.96. The van der Waals surface area contributed by atoms with E-state index in [1.807, 2.05) is 0 Å². The third-order valence-electron chi connectivity index (χ3n) is 11.2. The summed E-state index contributed by atoms with van der Waals surface area (Å²) >= 11 is 0. The maximum absolute atomic E-state index is 14.8. The van der Waals surface area contributed by atoms with Crippen LogP contribution in [0.2, 0.25) is 0 Å². The second kappa shape index (κ2) is 19.4. The van der Waals surface area contributed by atoms with Crippen LogP contribution in [0.4, 0.5) is 52.7 Å². The van der Waals surface area contributed by atoms with E-state index in [0.717, 1.165) is 0 Å². The minimum absolute atomic E-state index is 0.0886. The molecule has 0 bridgehead atoms. The molecule has 74 heavy (non-hydrogen) atoms. The first-order chi connectivity index (χ1) is 34.2. The highest BCUT2D eigenvalue weighted by molar-refractivity contribution is 6.15. The fourth-order valence-corrected chi connectivity index (χ4v) is 7.91. The lowest BCUT2D eigenvalue weighted by Crippen LogP contribution is -2.55. The van der Waals surface area contributed by atoms with E-state index in [1.54, 1.807) is 0 Å². The van der Waals surface area contributed by atoms with Crippen LogP contribution in [0.5, 0.6) is 0 Å². The molecule has 0 amide bonds. The summed E-state index contributed by atoms with van der Waals surface area (Å²) in [4.78, 5) is 122. The number of carboxylic acid groups (broad SMARTS) is 2. The first-order valence-corrected chi connectivity index (χ1v) is 20.1.